The van der Waals surface area contributed by atoms with E-state index in [4.69, 9.17) is 5.11 Å². The average Bonchev–Trinajstić information content (AvgIpc) is 2.53. The van der Waals surface area contributed by atoms with Crippen LogP contribution in [0.15, 0.2) is 10.9 Å². The van der Waals surface area contributed by atoms with Crippen molar-refractivity contribution in [3.8, 4) is 0 Å². The lowest BCUT2D eigenvalue weighted by Crippen LogP contribution is -2.16. The van der Waals surface area contributed by atoms with Crippen molar-refractivity contribution in [3.05, 3.63) is 16.6 Å². The zero-order valence-electron chi connectivity index (χ0n) is 7.02. The van der Waals surface area contributed by atoms with E-state index in [1.165, 1.54) is 11.3 Å². The Bertz CT molecular complexity index is 258. The smallest absolute Gasteiger partial charge is 0.306 e. The summed E-state index contributed by atoms with van der Waals surface area (Å²) in [5.74, 6) is -1.14. The molecule has 4 heteroatoms. The van der Waals surface area contributed by atoms with Crippen LogP contribution in [0.4, 0.5) is 0 Å². The Morgan fingerprint density at radius 2 is 2.33 bits per heavy atom. The van der Waals surface area contributed by atoms with Crippen LogP contribution in [-0.4, -0.2) is 16.1 Å². The molecule has 0 bridgehead atoms. The van der Waals surface area contributed by atoms with Crippen LogP contribution >= 0.6 is 11.3 Å². The minimum absolute atomic E-state index is 0.00579. The van der Waals surface area contributed by atoms with Gasteiger partial charge >= 0.3 is 5.97 Å². The van der Waals surface area contributed by atoms with Crippen LogP contribution in [0.2, 0.25) is 0 Å². The largest absolute Gasteiger partial charge is 0.481 e. The van der Waals surface area contributed by atoms with Gasteiger partial charge < -0.3 is 5.11 Å². The van der Waals surface area contributed by atoms with Crippen molar-refractivity contribution in [2.24, 2.45) is 5.92 Å². The first kappa shape index (κ1) is 9.19. The number of rotatable bonds is 3. The van der Waals surface area contributed by atoms with Gasteiger partial charge in [0.1, 0.15) is 0 Å². The van der Waals surface area contributed by atoms with Gasteiger partial charge in [0.05, 0.1) is 17.1 Å². The number of aliphatic carboxylic acids is 1. The number of hydrogen-bond acceptors (Lipinski definition) is 3. The quantitative estimate of drug-likeness (QED) is 0.783. The van der Waals surface area contributed by atoms with Gasteiger partial charge in [-0.15, -0.1) is 11.3 Å². The van der Waals surface area contributed by atoms with Gasteiger partial charge in [0.2, 0.25) is 0 Å². The summed E-state index contributed by atoms with van der Waals surface area (Å²) in [6.45, 7) is 3.58. The van der Waals surface area contributed by atoms with Gasteiger partial charge in [0, 0.05) is 11.3 Å². The van der Waals surface area contributed by atoms with E-state index in [0.29, 0.717) is 0 Å². The minimum atomic E-state index is -0.768. The Morgan fingerprint density at radius 3 is 2.75 bits per heavy atom. The SMILES string of the molecule is CC(C(=O)O)C(C)c1cscn1. The van der Waals surface area contributed by atoms with Crippen LogP contribution in [0.25, 0.3) is 0 Å². The first-order chi connectivity index (χ1) is 5.63. The molecule has 12 heavy (non-hydrogen) atoms. The molecule has 0 aliphatic carbocycles. The van der Waals surface area contributed by atoms with Crippen LogP contribution < -0.4 is 0 Å². The Morgan fingerprint density at radius 1 is 1.67 bits per heavy atom. The Kier molecular flexibility index (Phi) is 2.81. The van der Waals surface area contributed by atoms with Crippen LogP contribution in [0.3, 0.4) is 0 Å². The zero-order valence-corrected chi connectivity index (χ0v) is 7.84. The van der Waals surface area contributed by atoms with E-state index in [1.54, 1.807) is 12.4 Å². The van der Waals surface area contributed by atoms with Crippen LogP contribution in [0, 0.1) is 5.92 Å². The normalized spacial score (nSPS) is 15.5. The van der Waals surface area contributed by atoms with Crippen molar-refractivity contribution in [2.45, 2.75) is 19.8 Å². The molecule has 66 valence electrons. The predicted molar refractivity (Wildman–Crippen MR) is 47.3 cm³/mol. The summed E-state index contributed by atoms with van der Waals surface area (Å²) in [7, 11) is 0. The highest BCUT2D eigenvalue weighted by molar-refractivity contribution is 7.07. The lowest BCUT2D eigenvalue weighted by molar-refractivity contribution is -0.141. The fourth-order valence-electron chi connectivity index (χ4n) is 0.917. The predicted octanol–water partition coefficient (Wildman–Crippen LogP) is 1.97. The molecule has 0 fully saturated rings. The first-order valence-corrected chi connectivity index (χ1v) is 4.68. The molecule has 0 saturated carbocycles. The summed E-state index contributed by atoms with van der Waals surface area (Å²) in [6.07, 6.45) is 0. The number of thiazole rings is 1. The number of nitrogens with zero attached hydrogens (tertiary/aromatic N) is 1. The third kappa shape index (κ3) is 1.82. The molecule has 1 heterocycles. The number of carboxylic acid groups (broad SMARTS) is 1. The minimum Gasteiger partial charge on any atom is -0.481 e. The molecule has 1 aromatic heterocycles. The Hall–Kier alpha value is -0.900. The highest BCUT2D eigenvalue weighted by Crippen LogP contribution is 2.23. The zero-order chi connectivity index (χ0) is 9.14. The summed E-state index contributed by atoms with van der Waals surface area (Å²) in [5, 5.41) is 10.6. The van der Waals surface area contributed by atoms with Gasteiger partial charge in [-0.1, -0.05) is 13.8 Å². The van der Waals surface area contributed by atoms with Gasteiger partial charge in [-0.3, -0.25) is 4.79 Å². The topological polar surface area (TPSA) is 50.2 Å². The van der Waals surface area contributed by atoms with Crippen molar-refractivity contribution in [1.29, 1.82) is 0 Å². The third-order valence-corrected chi connectivity index (χ3v) is 2.66. The number of hydrogen-bond donors (Lipinski definition) is 1. The van der Waals surface area contributed by atoms with E-state index < -0.39 is 5.97 Å². The lowest BCUT2D eigenvalue weighted by atomic mass is 9.94. The molecule has 1 rings (SSSR count). The maximum absolute atomic E-state index is 10.6. The summed E-state index contributed by atoms with van der Waals surface area (Å²) < 4.78 is 0. The van der Waals surface area contributed by atoms with Crippen molar-refractivity contribution in [2.75, 3.05) is 0 Å². The van der Waals surface area contributed by atoms with E-state index in [9.17, 15) is 4.79 Å². The molecular formula is C8H11NO2S. The van der Waals surface area contributed by atoms with Gasteiger partial charge in [-0.2, -0.15) is 0 Å². The summed E-state index contributed by atoms with van der Waals surface area (Å²) in [4.78, 5) is 14.7. The van der Waals surface area contributed by atoms with Crippen molar-refractivity contribution < 1.29 is 9.90 Å². The van der Waals surface area contributed by atoms with Crippen molar-refractivity contribution in [3.63, 3.8) is 0 Å². The van der Waals surface area contributed by atoms with E-state index in [-0.39, 0.29) is 11.8 Å². The Balaban J connectivity index is 2.71. The second kappa shape index (κ2) is 3.67. The Labute approximate surface area is 75.1 Å². The van der Waals surface area contributed by atoms with Crippen molar-refractivity contribution in [1.82, 2.24) is 4.98 Å². The fourth-order valence-corrected chi connectivity index (χ4v) is 1.58. The molecular weight excluding hydrogens is 174 g/mol. The summed E-state index contributed by atoms with van der Waals surface area (Å²) in [6, 6.07) is 0. The average molecular weight is 185 g/mol. The monoisotopic (exact) mass is 185 g/mol. The molecule has 0 aromatic carbocycles. The van der Waals surface area contributed by atoms with Gasteiger partial charge in [0.15, 0.2) is 0 Å². The van der Waals surface area contributed by atoms with E-state index >= 15 is 0 Å². The highest BCUT2D eigenvalue weighted by atomic mass is 32.1. The standard InChI is InChI=1S/C8H11NO2S/c1-5(6(2)8(10)11)7-3-12-4-9-7/h3-6H,1-2H3,(H,10,11). The van der Waals surface area contributed by atoms with E-state index in [2.05, 4.69) is 4.98 Å². The molecule has 3 nitrogen and oxygen atoms in total. The maximum atomic E-state index is 10.6. The first-order valence-electron chi connectivity index (χ1n) is 3.74. The molecule has 1 N–H and O–H groups in total. The molecule has 2 atom stereocenters. The second-order valence-electron chi connectivity index (χ2n) is 2.83. The van der Waals surface area contributed by atoms with Gasteiger partial charge in [-0.05, 0) is 0 Å². The highest BCUT2D eigenvalue weighted by Gasteiger charge is 2.21. The third-order valence-electron chi connectivity index (χ3n) is 2.06. The summed E-state index contributed by atoms with van der Waals surface area (Å²) in [5.41, 5.74) is 2.59. The molecule has 2 unspecified atom stereocenters. The van der Waals surface area contributed by atoms with Gasteiger partial charge in [0.25, 0.3) is 0 Å². The van der Waals surface area contributed by atoms with E-state index in [0.717, 1.165) is 5.69 Å². The lowest BCUT2D eigenvalue weighted by Gasteiger charge is -2.12. The maximum Gasteiger partial charge on any atom is 0.306 e. The molecule has 1 aromatic rings. The molecule has 0 aliphatic rings. The molecule has 0 amide bonds. The fraction of sp³-hybridized carbons (Fsp3) is 0.500. The van der Waals surface area contributed by atoms with E-state index in [1.807, 2.05) is 12.3 Å². The summed E-state index contributed by atoms with van der Waals surface area (Å²) >= 11 is 1.49. The molecule has 0 saturated heterocycles. The molecule has 0 aliphatic heterocycles. The number of carboxylic acids is 1. The number of carbonyl (C=O) groups is 1. The molecule has 0 radical (unpaired) electrons. The van der Waals surface area contributed by atoms with Crippen molar-refractivity contribution >= 4 is 17.3 Å². The van der Waals surface area contributed by atoms with Gasteiger partial charge in [-0.25, -0.2) is 4.98 Å². The molecule has 0 spiro atoms. The van der Waals surface area contributed by atoms with Crippen LogP contribution in [0.5, 0.6) is 0 Å². The number of aromatic nitrogens is 1. The second-order valence-corrected chi connectivity index (χ2v) is 3.55. The van der Waals surface area contributed by atoms with Crippen LogP contribution in [-0.2, 0) is 4.79 Å². The van der Waals surface area contributed by atoms with Crippen LogP contribution in [0.1, 0.15) is 25.5 Å².